The third-order valence-corrected chi connectivity index (χ3v) is 5.18. The highest BCUT2D eigenvalue weighted by Gasteiger charge is 2.30. The number of imidazole rings is 1. The summed E-state index contributed by atoms with van der Waals surface area (Å²) in [5, 5.41) is 10.7. The van der Waals surface area contributed by atoms with Gasteiger partial charge >= 0.3 is 0 Å². The molecule has 1 saturated carbocycles. The van der Waals surface area contributed by atoms with Crippen LogP contribution in [-0.2, 0) is 0 Å². The van der Waals surface area contributed by atoms with Crippen LogP contribution in [0.4, 0.5) is 19.0 Å². The number of hydrogen-bond acceptors (Lipinski definition) is 7. The molecule has 158 valence electrons. The molecular formula is C19H20F3N7O. The predicted octanol–water partition coefficient (Wildman–Crippen LogP) is 2.43. The minimum Gasteiger partial charge on any atom is -0.485 e. The Balaban J connectivity index is 1.47. The smallest absolute Gasteiger partial charge is 0.272 e. The van der Waals surface area contributed by atoms with Gasteiger partial charge in [-0.15, -0.1) is 0 Å². The molecule has 0 spiro atoms. The lowest BCUT2D eigenvalue weighted by Crippen LogP contribution is -2.29. The topological polar surface area (TPSA) is 89.3 Å². The molecule has 1 saturated heterocycles. The Morgan fingerprint density at radius 1 is 1.23 bits per heavy atom. The lowest BCUT2D eigenvalue weighted by atomic mass is 10.2. The van der Waals surface area contributed by atoms with E-state index in [4.69, 9.17) is 4.74 Å². The summed E-state index contributed by atoms with van der Waals surface area (Å²) in [7, 11) is 0. The Hall–Kier alpha value is -2.95. The van der Waals surface area contributed by atoms with Crippen molar-refractivity contribution in [2.24, 2.45) is 0 Å². The second-order valence-corrected chi connectivity index (χ2v) is 7.50. The number of hydrogen-bond donors (Lipinski definition) is 2. The molecule has 2 fully saturated rings. The first-order chi connectivity index (χ1) is 14.6. The first-order valence-corrected chi connectivity index (χ1v) is 9.82. The Kier molecular flexibility index (Phi) is 4.89. The lowest BCUT2D eigenvalue weighted by Gasteiger charge is -2.15. The minimum atomic E-state index is -2.56. The largest absolute Gasteiger partial charge is 0.485 e. The molecule has 30 heavy (non-hydrogen) atoms. The third kappa shape index (κ3) is 3.76. The normalized spacial score (nSPS) is 21.5. The number of ether oxygens (including phenoxy) is 1. The maximum atomic E-state index is 13.9. The van der Waals surface area contributed by atoms with Crippen LogP contribution in [0.1, 0.15) is 24.5 Å². The van der Waals surface area contributed by atoms with Crippen LogP contribution in [0.25, 0.3) is 17.0 Å². The highest BCUT2D eigenvalue weighted by atomic mass is 19.3. The average Bonchev–Trinajstić information content (AvgIpc) is 3.38. The molecule has 2 aliphatic rings. The van der Waals surface area contributed by atoms with Crippen molar-refractivity contribution >= 4 is 11.5 Å². The SMILES string of the molecule is FC(F)COc1cc2ncc(-c3cncc(NC4CNCC4F)n3)n2nc1C1CC1. The highest BCUT2D eigenvalue weighted by Crippen LogP contribution is 2.43. The van der Waals surface area contributed by atoms with Crippen molar-refractivity contribution < 1.29 is 17.9 Å². The van der Waals surface area contributed by atoms with Gasteiger partial charge in [-0.05, 0) is 12.8 Å². The van der Waals surface area contributed by atoms with Crippen LogP contribution in [0.5, 0.6) is 5.75 Å². The van der Waals surface area contributed by atoms with Crippen molar-refractivity contribution in [2.75, 3.05) is 25.0 Å². The van der Waals surface area contributed by atoms with Crippen LogP contribution in [0.2, 0.25) is 0 Å². The van der Waals surface area contributed by atoms with Gasteiger partial charge in [0.1, 0.15) is 41.4 Å². The molecule has 5 rings (SSSR count). The number of nitrogens with one attached hydrogen (secondary N) is 2. The van der Waals surface area contributed by atoms with Crippen LogP contribution in [0.15, 0.2) is 24.7 Å². The van der Waals surface area contributed by atoms with Gasteiger partial charge in [-0.25, -0.2) is 27.7 Å². The van der Waals surface area contributed by atoms with E-state index in [1.807, 2.05) is 0 Å². The van der Waals surface area contributed by atoms with Gasteiger partial charge < -0.3 is 15.4 Å². The summed E-state index contributed by atoms with van der Waals surface area (Å²) in [6.45, 7) is 0.133. The fourth-order valence-corrected chi connectivity index (χ4v) is 3.53. The first-order valence-electron chi connectivity index (χ1n) is 9.82. The van der Waals surface area contributed by atoms with Gasteiger partial charge in [0, 0.05) is 25.1 Å². The molecule has 2 atom stereocenters. The fraction of sp³-hybridized carbons (Fsp3) is 0.474. The standard InChI is InChI=1S/C19H20F3N7O/c20-11-4-23-5-12(11)26-17-8-24-6-13(27-17)14-7-25-18-3-15(30-9-16(21)22)19(10-1-2-10)28-29(14)18/h3,6-8,10-12,16,23H,1-2,4-5,9H2,(H,26,27). The Labute approximate surface area is 169 Å². The number of alkyl halides is 3. The molecule has 2 unspecified atom stereocenters. The van der Waals surface area contributed by atoms with Gasteiger partial charge in [-0.3, -0.25) is 4.98 Å². The number of rotatable bonds is 7. The molecule has 3 aromatic rings. The Bertz CT molecular complexity index is 1060. The number of anilines is 1. The van der Waals surface area contributed by atoms with Gasteiger partial charge in [0.05, 0.1) is 24.6 Å². The summed E-state index contributed by atoms with van der Waals surface area (Å²) >= 11 is 0. The van der Waals surface area contributed by atoms with Crippen LogP contribution in [0.3, 0.4) is 0 Å². The van der Waals surface area contributed by atoms with Crippen molar-refractivity contribution in [3.63, 3.8) is 0 Å². The molecule has 2 N–H and O–H groups in total. The maximum Gasteiger partial charge on any atom is 0.272 e. The van der Waals surface area contributed by atoms with Crippen LogP contribution in [-0.4, -0.2) is 62.9 Å². The Morgan fingerprint density at radius 2 is 2.10 bits per heavy atom. The number of aromatic nitrogens is 5. The molecule has 1 aliphatic carbocycles. The summed E-state index contributed by atoms with van der Waals surface area (Å²) in [6.07, 6.45) is 3.03. The van der Waals surface area contributed by atoms with Crippen molar-refractivity contribution in [2.45, 2.75) is 37.4 Å². The highest BCUT2D eigenvalue weighted by molar-refractivity contribution is 5.61. The van der Waals surface area contributed by atoms with Gasteiger partial charge in [0.15, 0.2) is 5.65 Å². The Morgan fingerprint density at radius 3 is 2.83 bits per heavy atom. The quantitative estimate of drug-likeness (QED) is 0.608. The van der Waals surface area contributed by atoms with Crippen LogP contribution < -0.4 is 15.4 Å². The maximum absolute atomic E-state index is 13.9. The summed E-state index contributed by atoms with van der Waals surface area (Å²) in [5.41, 5.74) is 2.22. The molecule has 8 nitrogen and oxygen atoms in total. The average molecular weight is 419 g/mol. The molecule has 0 bridgehead atoms. The van der Waals surface area contributed by atoms with E-state index in [1.54, 1.807) is 23.0 Å². The zero-order valence-corrected chi connectivity index (χ0v) is 15.9. The summed E-state index contributed by atoms with van der Waals surface area (Å²) in [6, 6.07) is 1.26. The predicted molar refractivity (Wildman–Crippen MR) is 103 cm³/mol. The molecular weight excluding hydrogens is 399 g/mol. The number of fused-ring (bicyclic) bond motifs is 1. The number of halogens is 3. The summed E-state index contributed by atoms with van der Waals surface area (Å²) in [5.74, 6) is 0.984. The molecule has 0 amide bonds. The lowest BCUT2D eigenvalue weighted by molar-refractivity contribution is 0.0811. The van der Waals surface area contributed by atoms with E-state index in [1.165, 1.54) is 6.20 Å². The van der Waals surface area contributed by atoms with E-state index in [9.17, 15) is 13.2 Å². The molecule has 0 radical (unpaired) electrons. The van der Waals surface area contributed by atoms with Gasteiger partial charge in [0.2, 0.25) is 0 Å². The third-order valence-electron chi connectivity index (χ3n) is 5.18. The van der Waals surface area contributed by atoms with E-state index in [2.05, 4.69) is 30.7 Å². The van der Waals surface area contributed by atoms with E-state index in [-0.39, 0.29) is 12.0 Å². The van der Waals surface area contributed by atoms with E-state index < -0.39 is 19.2 Å². The molecule has 0 aromatic carbocycles. The van der Waals surface area contributed by atoms with Crippen molar-refractivity contribution in [1.82, 2.24) is 29.9 Å². The van der Waals surface area contributed by atoms with Gasteiger partial charge in [-0.1, -0.05) is 0 Å². The second-order valence-electron chi connectivity index (χ2n) is 7.50. The monoisotopic (exact) mass is 419 g/mol. The number of nitrogens with zero attached hydrogens (tertiary/aromatic N) is 5. The molecule has 11 heteroatoms. The van der Waals surface area contributed by atoms with Gasteiger partial charge in [0.25, 0.3) is 6.43 Å². The minimum absolute atomic E-state index is 0.188. The molecule has 3 aromatic heterocycles. The summed E-state index contributed by atoms with van der Waals surface area (Å²) in [4.78, 5) is 13.1. The van der Waals surface area contributed by atoms with Crippen LogP contribution in [0, 0.1) is 0 Å². The van der Waals surface area contributed by atoms with E-state index >= 15 is 0 Å². The van der Waals surface area contributed by atoms with Crippen molar-refractivity contribution in [3.05, 3.63) is 30.4 Å². The van der Waals surface area contributed by atoms with E-state index in [0.717, 1.165) is 12.8 Å². The van der Waals surface area contributed by atoms with E-state index in [0.29, 0.717) is 47.4 Å². The van der Waals surface area contributed by atoms with Gasteiger partial charge in [-0.2, -0.15) is 5.10 Å². The first kappa shape index (κ1) is 19.0. The van der Waals surface area contributed by atoms with Crippen LogP contribution >= 0.6 is 0 Å². The fourth-order valence-electron chi connectivity index (χ4n) is 3.53. The summed E-state index contributed by atoms with van der Waals surface area (Å²) < 4.78 is 46.0. The zero-order valence-electron chi connectivity index (χ0n) is 15.9. The zero-order chi connectivity index (χ0) is 20.7. The van der Waals surface area contributed by atoms with Crippen molar-refractivity contribution in [1.29, 1.82) is 0 Å². The molecule has 4 heterocycles. The molecule has 1 aliphatic heterocycles. The van der Waals surface area contributed by atoms with Crippen molar-refractivity contribution in [3.8, 4) is 17.1 Å². The second kappa shape index (κ2) is 7.71.